The molecule has 0 aromatic heterocycles. The predicted octanol–water partition coefficient (Wildman–Crippen LogP) is 7.90. The van der Waals surface area contributed by atoms with Gasteiger partial charge in [0.1, 0.15) is 11.2 Å². The summed E-state index contributed by atoms with van der Waals surface area (Å²) in [6.45, 7) is 12.0. The van der Waals surface area contributed by atoms with Crippen LogP contribution < -0.4 is 10.6 Å². The van der Waals surface area contributed by atoms with Gasteiger partial charge in [-0.25, -0.2) is 9.59 Å². The molecule has 0 radical (unpaired) electrons. The minimum absolute atomic E-state index is 0.00917. The summed E-state index contributed by atoms with van der Waals surface area (Å²) in [4.78, 5) is 38.6. The monoisotopic (exact) mass is 725 g/mol. The predicted molar refractivity (Wildman–Crippen MR) is 184 cm³/mol. The molecule has 0 unspecified atom stereocenters. The number of aliphatic hydroxyl groups excluding tert-OH is 1. The van der Waals surface area contributed by atoms with Crippen molar-refractivity contribution in [3.05, 3.63) is 0 Å². The number of aliphatic hydroxyl groups is 1. The van der Waals surface area contributed by atoms with Crippen LogP contribution in [-0.2, 0) is 14.3 Å². The SMILES string of the molecule is CC(C)(C)OC(=O)NCCCN(C[C@@H](O)CCNC(=O)OC(C)(C)C)C(=O)CCCCCCCCCCCCCCCI. The summed E-state index contributed by atoms with van der Waals surface area (Å²) in [6.07, 6.45) is 15.8. The molecule has 0 aliphatic heterocycles. The molecular formula is C33H64IN3O6. The molecule has 0 saturated carbocycles. The van der Waals surface area contributed by atoms with Crippen LogP contribution in [0.1, 0.15) is 144 Å². The number of alkyl halides is 1. The van der Waals surface area contributed by atoms with Gasteiger partial charge in [0.15, 0.2) is 0 Å². The molecule has 0 fully saturated rings. The van der Waals surface area contributed by atoms with Crippen LogP contribution in [0.3, 0.4) is 0 Å². The molecule has 0 aromatic carbocycles. The fourth-order valence-electron chi connectivity index (χ4n) is 4.57. The summed E-state index contributed by atoms with van der Waals surface area (Å²) >= 11 is 2.45. The van der Waals surface area contributed by atoms with Gasteiger partial charge in [0.2, 0.25) is 5.91 Å². The van der Waals surface area contributed by atoms with Gasteiger partial charge in [-0.15, -0.1) is 0 Å². The van der Waals surface area contributed by atoms with Crippen molar-refractivity contribution in [2.45, 2.75) is 162 Å². The molecule has 0 heterocycles. The smallest absolute Gasteiger partial charge is 0.407 e. The van der Waals surface area contributed by atoms with Gasteiger partial charge in [-0.1, -0.05) is 93.2 Å². The number of alkyl carbamates (subject to hydrolysis) is 2. The van der Waals surface area contributed by atoms with E-state index in [1.165, 1.54) is 68.6 Å². The Morgan fingerprint density at radius 1 is 0.674 bits per heavy atom. The van der Waals surface area contributed by atoms with Crippen molar-refractivity contribution in [1.82, 2.24) is 15.5 Å². The van der Waals surface area contributed by atoms with Crippen LogP contribution in [0.5, 0.6) is 0 Å². The van der Waals surface area contributed by atoms with Crippen molar-refractivity contribution in [1.29, 1.82) is 0 Å². The van der Waals surface area contributed by atoms with Crippen molar-refractivity contribution in [3.8, 4) is 0 Å². The highest BCUT2D eigenvalue weighted by molar-refractivity contribution is 14.1. The highest BCUT2D eigenvalue weighted by Crippen LogP contribution is 2.14. The highest BCUT2D eigenvalue weighted by Gasteiger charge is 2.20. The molecule has 0 spiro atoms. The van der Waals surface area contributed by atoms with Gasteiger partial charge in [0.25, 0.3) is 0 Å². The minimum Gasteiger partial charge on any atom is -0.444 e. The number of carbonyl (C=O) groups excluding carboxylic acids is 3. The number of ether oxygens (including phenoxy) is 2. The lowest BCUT2D eigenvalue weighted by molar-refractivity contribution is -0.132. The molecule has 1 atom stereocenters. The maximum atomic E-state index is 13.1. The fraction of sp³-hybridized carbons (Fsp3) is 0.909. The Morgan fingerprint density at radius 2 is 1.09 bits per heavy atom. The van der Waals surface area contributed by atoms with E-state index in [-0.39, 0.29) is 19.0 Å². The van der Waals surface area contributed by atoms with E-state index in [1.807, 2.05) is 20.8 Å². The molecule has 0 rings (SSSR count). The first-order valence-electron chi connectivity index (χ1n) is 16.7. The number of halogens is 1. The average molecular weight is 726 g/mol. The Labute approximate surface area is 276 Å². The van der Waals surface area contributed by atoms with Gasteiger partial charge >= 0.3 is 12.2 Å². The second kappa shape index (κ2) is 25.0. The molecular weight excluding hydrogens is 661 g/mol. The zero-order chi connectivity index (χ0) is 32.6. The molecule has 43 heavy (non-hydrogen) atoms. The standard InChI is InChI=1S/C33H64IN3O6/c1-32(2,3)42-30(40)35-24-20-26-37(27-28(38)22-25-36-31(41)43-33(4,5)6)29(39)21-18-16-14-12-10-8-7-9-11-13-15-17-19-23-34/h28,38H,7-27H2,1-6H3,(H,35,40)(H,36,41)/t28-/m0/s1. The molecule has 9 nitrogen and oxygen atoms in total. The van der Waals surface area contributed by atoms with Gasteiger partial charge < -0.3 is 30.1 Å². The van der Waals surface area contributed by atoms with E-state index in [0.717, 1.165) is 19.3 Å². The molecule has 254 valence electrons. The number of hydrogen-bond acceptors (Lipinski definition) is 6. The third-order valence-electron chi connectivity index (χ3n) is 6.73. The van der Waals surface area contributed by atoms with Crippen molar-refractivity contribution < 1.29 is 29.0 Å². The zero-order valence-corrected chi connectivity index (χ0v) is 30.4. The first-order valence-corrected chi connectivity index (χ1v) is 18.2. The second-order valence-corrected chi connectivity index (χ2v) is 14.6. The molecule has 0 aromatic rings. The number of hydrogen-bond donors (Lipinski definition) is 3. The number of carbonyl (C=O) groups is 3. The Balaban J connectivity index is 4.41. The fourth-order valence-corrected chi connectivity index (χ4v) is 5.11. The summed E-state index contributed by atoms with van der Waals surface area (Å²) in [5.41, 5.74) is -1.16. The first kappa shape index (κ1) is 41.7. The first-order chi connectivity index (χ1) is 20.2. The van der Waals surface area contributed by atoms with Crippen LogP contribution in [0.25, 0.3) is 0 Å². The van der Waals surface area contributed by atoms with Gasteiger partial charge in [0.05, 0.1) is 6.10 Å². The van der Waals surface area contributed by atoms with Crippen molar-refractivity contribution in [2.75, 3.05) is 30.6 Å². The van der Waals surface area contributed by atoms with Gasteiger partial charge in [-0.2, -0.15) is 0 Å². The van der Waals surface area contributed by atoms with Crippen molar-refractivity contribution in [3.63, 3.8) is 0 Å². The van der Waals surface area contributed by atoms with Gasteiger partial charge in [-0.05, 0) is 71.7 Å². The van der Waals surface area contributed by atoms with E-state index in [1.54, 1.807) is 25.7 Å². The van der Waals surface area contributed by atoms with Crippen LogP contribution in [0.2, 0.25) is 0 Å². The number of unbranched alkanes of at least 4 members (excludes halogenated alkanes) is 12. The second-order valence-electron chi connectivity index (χ2n) is 13.5. The van der Waals surface area contributed by atoms with Crippen LogP contribution in [0.15, 0.2) is 0 Å². The largest absolute Gasteiger partial charge is 0.444 e. The summed E-state index contributed by atoms with van der Waals surface area (Å²) in [5, 5.41) is 16.0. The Hall–Kier alpha value is -1.30. The Morgan fingerprint density at radius 3 is 1.53 bits per heavy atom. The molecule has 10 heteroatoms. The normalized spacial score (nSPS) is 12.5. The van der Waals surface area contributed by atoms with Gasteiger partial charge in [0, 0.05) is 32.6 Å². The topological polar surface area (TPSA) is 117 Å². The van der Waals surface area contributed by atoms with Crippen LogP contribution in [0.4, 0.5) is 9.59 Å². The zero-order valence-electron chi connectivity index (χ0n) is 28.2. The Bertz CT molecular complexity index is 739. The molecule has 0 aliphatic carbocycles. The van der Waals surface area contributed by atoms with Crippen molar-refractivity contribution >= 4 is 40.7 Å². The highest BCUT2D eigenvalue weighted by atomic mass is 127. The third kappa shape index (κ3) is 29.2. The van der Waals surface area contributed by atoms with E-state index in [0.29, 0.717) is 32.4 Å². The summed E-state index contributed by atoms with van der Waals surface area (Å²) in [7, 11) is 0. The number of nitrogens with zero attached hydrogens (tertiary/aromatic N) is 1. The maximum Gasteiger partial charge on any atom is 0.407 e. The average Bonchev–Trinajstić information content (AvgIpc) is 2.88. The maximum absolute atomic E-state index is 13.1. The molecule has 3 amide bonds. The number of rotatable bonds is 24. The lowest BCUT2D eigenvalue weighted by Crippen LogP contribution is -2.41. The molecule has 0 saturated heterocycles. The quantitative estimate of drug-likeness (QED) is 0.0530. The Kier molecular flexibility index (Phi) is 24.2. The molecule has 0 bridgehead atoms. The lowest BCUT2D eigenvalue weighted by Gasteiger charge is -2.26. The summed E-state index contributed by atoms with van der Waals surface area (Å²) in [6, 6.07) is 0. The van der Waals surface area contributed by atoms with Crippen LogP contribution >= 0.6 is 22.6 Å². The summed E-state index contributed by atoms with van der Waals surface area (Å²) < 4.78 is 11.8. The third-order valence-corrected chi connectivity index (χ3v) is 7.49. The minimum atomic E-state index is -0.784. The lowest BCUT2D eigenvalue weighted by atomic mass is 10.0. The number of amides is 3. The summed E-state index contributed by atoms with van der Waals surface area (Å²) in [5.74, 6) is 0.00917. The van der Waals surface area contributed by atoms with E-state index in [9.17, 15) is 19.5 Å². The van der Waals surface area contributed by atoms with Crippen LogP contribution in [0, 0.1) is 0 Å². The molecule has 0 aliphatic rings. The van der Waals surface area contributed by atoms with Crippen molar-refractivity contribution in [2.24, 2.45) is 0 Å². The van der Waals surface area contributed by atoms with Crippen LogP contribution in [-0.4, -0.2) is 76.0 Å². The molecule has 3 N–H and O–H groups in total. The van der Waals surface area contributed by atoms with Gasteiger partial charge in [-0.3, -0.25) is 4.79 Å². The van der Waals surface area contributed by atoms with E-state index >= 15 is 0 Å². The van der Waals surface area contributed by atoms with E-state index < -0.39 is 29.5 Å². The van der Waals surface area contributed by atoms with E-state index in [4.69, 9.17) is 9.47 Å². The van der Waals surface area contributed by atoms with E-state index in [2.05, 4.69) is 33.2 Å². The number of nitrogens with one attached hydrogen (secondary N) is 2.